The van der Waals surface area contributed by atoms with E-state index in [9.17, 15) is 0 Å². The summed E-state index contributed by atoms with van der Waals surface area (Å²) in [5.74, 6) is 0.615. The second-order valence-corrected chi connectivity index (χ2v) is 3.57. The number of nitrogens with zero attached hydrogens (tertiary/aromatic N) is 1. The Morgan fingerprint density at radius 2 is 2.07 bits per heavy atom. The fraction of sp³-hybridized carbons (Fsp3) is 0.182. The van der Waals surface area contributed by atoms with Crippen molar-refractivity contribution in [1.82, 2.24) is 4.98 Å². The van der Waals surface area contributed by atoms with Crippen molar-refractivity contribution >= 4 is 22.4 Å². The van der Waals surface area contributed by atoms with Crippen LogP contribution in [0, 0.1) is 6.92 Å². The Hall–Kier alpha value is -1.28. The third-order valence-electron chi connectivity index (χ3n) is 2.15. The molecule has 0 atom stereocenters. The predicted octanol–water partition coefficient (Wildman–Crippen LogP) is 3.21. The van der Waals surface area contributed by atoms with E-state index in [-0.39, 0.29) is 0 Å². The lowest BCUT2D eigenvalue weighted by molar-refractivity contribution is 0.403. The molecule has 14 heavy (non-hydrogen) atoms. The third-order valence-corrected chi connectivity index (χ3v) is 2.45. The fourth-order valence-electron chi connectivity index (χ4n) is 1.46. The highest BCUT2D eigenvalue weighted by Gasteiger charge is 2.05. The first kappa shape index (κ1) is 9.28. The number of ether oxygens (including phenoxy) is 1. The largest absolute Gasteiger partial charge is 0.481 e. The third kappa shape index (κ3) is 1.42. The summed E-state index contributed by atoms with van der Waals surface area (Å²) in [5, 5.41) is 2.59. The molecule has 1 aromatic heterocycles. The highest BCUT2D eigenvalue weighted by atomic mass is 35.5. The standard InChI is InChI=1S/C11H10ClNO/c1-7-3-4-8-9(5-7)10(12)6-13-11(8)14-2/h3-6H,1-2H3. The molecule has 2 nitrogen and oxygen atoms in total. The maximum Gasteiger partial charge on any atom is 0.221 e. The van der Waals surface area contributed by atoms with E-state index in [2.05, 4.69) is 4.98 Å². The zero-order valence-electron chi connectivity index (χ0n) is 8.04. The summed E-state index contributed by atoms with van der Waals surface area (Å²) >= 11 is 6.04. The molecule has 3 heteroatoms. The van der Waals surface area contributed by atoms with Crippen LogP contribution in [0.4, 0.5) is 0 Å². The van der Waals surface area contributed by atoms with Gasteiger partial charge in [-0.2, -0.15) is 0 Å². The predicted molar refractivity (Wildman–Crippen MR) is 58.0 cm³/mol. The molecule has 0 radical (unpaired) electrons. The molecule has 0 aliphatic carbocycles. The van der Waals surface area contributed by atoms with Gasteiger partial charge in [0.05, 0.1) is 18.3 Å². The number of halogens is 1. The highest BCUT2D eigenvalue weighted by molar-refractivity contribution is 6.35. The minimum absolute atomic E-state index is 0.615. The summed E-state index contributed by atoms with van der Waals surface area (Å²) in [7, 11) is 1.61. The van der Waals surface area contributed by atoms with Gasteiger partial charge in [0.15, 0.2) is 0 Å². The Morgan fingerprint density at radius 3 is 2.79 bits per heavy atom. The molecule has 1 heterocycles. The van der Waals surface area contributed by atoms with Crippen molar-refractivity contribution in [2.75, 3.05) is 7.11 Å². The molecule has 2 aromatic rings. The van der Waals surface area contributed by atoms with Crippen LogP contribution in [0.2, 0.25) is 5.02 Å². The molecule has 0 spiro atoms. The number of fused-ring (bicyclic) bond motifs is 1. The number of hydrogen-bond acceptors (Lipinski definition) is 2. The van der Waals surface area contributed by atoms with Crippen LogP contribution in [0.1, 0.15) is 5.56 Å². The van der Waals surface area contributed by atoms with Crippen molar-refractivity contribution in [3.63, 3.8) is 0 Å². The monoisotopic (exact) mass is 207 g/mol. The summed E-state index contributed by atoms with van der Waals surface area (Å²) < 4.78 is 5.15. The van der Waals surface area contributed by atoms with Gasteiger partial charge in [0.1, 0.15) is 0 Å². The molecule has 0 N–H and O–H groups in total. The van der Waals surface area contributed by atoms with Crippen LogP contribution >= 0.6 is 11.6 Å². The van der Waals surface area contributed by atoms with Crippen molar-refractivity contribution in [3.05, 3.63) is 35.0 Å². The first-order chi connectivity index (χ1) is 6.72. The Bertz CT molecular complexity index is 482. The lowest BCUT2D eigenvalue weighted by Gasteiger charge is -2.06. The molecular formula is C11H10ClNO. The number of aryl methyl sites for hydroxylation is 1. The van der Waals surface area contributed by atoms with Crippen LogP contribution in [-0.2, 0) is 0 Å². The van der Waals surface area contributed by atoms with Gasteiger partial charge in [0, 0.05) is 10.8 Å². The Morgan fingerprint density at radius 1 is 1.29 bits per heavy atom. The number of aromatic nitrogens is 1. The van der Waals surface area contributed by atoms with E-state index in [1.807, 2.05) is 25.1 Å². The lowest BCUT2D eigenvalue weighted by Crippen LogP contribution is -1.89. The van der Waals surface area contributed by atoms with Gasteiger partial charge in [-0.25, -0.2) is 4.98 Å². The van der Waals surface area contributed by atoms with Crippen molar-refractivity contribution in [3.8, 4) is 5.88 Å². The van der Waals surface area contributed by atoms with Crippen LogP contribution in [0.15, 0.2) is 24.4 Å². The second-order valence-electron chi connectivity index (χ2n) is 3.16. The Labute approximate surface area is 87.5 Å². The van der Waals surface area contributed by atoms with E-state index in [4.69, 9.17) is 16.3 Å². The van der Waals surface area contributed by atoms with Crippen LogP contribution in [-0.4, -0.2) is 12.1 Å². The minimum atomic E-state index is 0.615. The van der Waals surface area contributed by atoms with Gasteiger partial charge in [-0.15, -0.1) is 0 Å². The minimum Gasteiger partial charge on any atom is -0.481 e. The van der Waals surface area contributed by atoms with E-state index in [1.165, 1.54) is 5.56 Å². The fourth-order valence-corrected chi connectivity index (χ4v) is 1.66. The van der Waals surface area contributed by atoms with E-state index >= 15 is 0 Å². The van der Waals surface area contributed by atoms with Gasteiger partial charge in [-0.1, -0.05) is 23.2 Å². The van der Waals surface area contributed by atoms with E-state index < -0.39 is 0 Å². The summed E-state index contributed by atoms with van der Waals surface area (Å²) in [5.41, 5.74) is 1.17. The van der Waals surface area contributed by atoms with Crippen molar-refractivity contribution in [1.29, 1.82) is 0 Å². The molecule has 72 valence electrons. The van der Waals surface area contributed by atoms with Crippen LogP contribution < -0.4 is 4.74 Å². The number of pyridine rings is 1. The second kappa shape index (κ2) is 3.46. The summed E-state index contributed by atoms with van der Waals surface area (Å²) in [6.45, 7) is 2.03. The molecule has 0 unspecified atom stereocenters. The summed E-state index contributed by atoms with van der Waals surface area (Å²) in [4.78, 5) is 4.10. The highest BCUT2D eigenvalue weighted by Crippen LogP contribution is 2.29. The van der Waals surface area contributed by atoms with Crippen molar-refractivity contribution in [2.24, 2.45) is 0 Å². The van der Waals surface area contributed by atoms with E-state index in [0.717, 1.165) is 10.8 Å². The van der Waals surface area contributed by atoms with Gasteiger partial charge in [0.2, 0.25) is 5.88 Å². The number of methoxy groups -OCH3 is 1. The maximum absolute atomic E-state index is 6.04. The molecule has 1 aromatic carbocycles. The first-order valence-corrected chi connectivity index (χ1v) is 4.69. The molecule has 0 saturated heterocycles. The van der Waals surface area contributed by atoms with Gasteiger partial charge in [-0.05, 0) is 19.1 Å². The number of hydrogen-bond donors (Lipinski definition) is 0. The molecule has 0 bridgehead atoms. The quantitative estimate of drug-likeness (QED) is 0.717. The molecular weight excluding hydrogens is 198 g/mol. The van der Waals surface area contributed by atoms with Crippen molar-refractivity contribution < 1.29 is 4.74 Å². The molecule has 0 amide bonds. The van der Waals surface area contributed by atoms with Crippen molar-refractivity contribution in [2.45, 2.75) is 6.92 Å². The topological polar surface area (TPSA) is 22.1 Å². The number of benzene rings is 1. The average Bonchev–Trinajstić information content (AvgIpc) is 2.19. The normalized spacial score (nSPS) is 10.5. The Balaban J connectivity index is 2.84. The van der Waals surface area contributed by atoms with Crippen LogP contribution in [0.3, 0.4) is 0 Å². The molecule has 0 fully saturated rings. The Kier molecular flexibility index (Phi) is 2.30. The lowest BCUT2D eigenvalue weighted by atomic mass is 10.1. The molecule has 2 rings (SSSR count). The van der Waals surface area contributed by atoms with E-state index in [0.29, 0.717) is 10.9 Å². The average molecular weight is 208 g/mol. The van der Waals surface area contributed by atoms with Gasteiger partial charge in [-0.3, -0.25) is 0 Å². The van der Waals surface area contributed by atoms with Gasteiger partial charge in [0.25, 0.3) is 0 Å². The maximum atomic E-state index is 6.04. The first-order valence-electron chi connectivity index (χ1n) is 4.31. The number of rotatable bonds is 1. The van der Waals surface area contributed by atoms with Gasteiger partial charge >= 0.3 is 0 Å². The summed E-state index contributed by atoms with van der Waals surface area (Å²) in [6.07, 6.45) is 1.61. The van der Waals surface area contributed by atoms with E-state index in [1.54, 1.807) is 13.3 Å². The SMILES string of the molecule is COc1ncc(Cl)c2cc(C)ccc12. The van der Waals surface area contributed by atoms with Crippen LogP contribution in [0.5, 0.6) is 5.88 Å². The molecule has 0 aliphatic rings. The summed E-state index contributed by atoms with van der Waals surface area (Å²) in [6, 6.07) is 6.02. The zero-order valence-corrected chi connectivity index (χ0v) is 8.80. The smallest absolute Gasteiger partial charge is 0.221 e. The van der Waals surface area contributed by atoms with Gasteiger partial charge < -0.3 is 4.74 Å². The zero-order chi connectivity index (χ0) is 10.1. The molecule has 0 saturated carbocycles. The molecule has 0 aliphatic heterocycles. The van der Waals surface area contributed by atoms with Crippen LogP contribution in [0.25, 0.3) is 10.8 Å².